The maximum atomic E-state index is 4.79. The summed E-state index contributed by atoms with van der Waals surface area (Å²) in [4.78, 5) is 15.1. The molecule has 0 amide bonds. The first-order chi connectivity index (χ1) is 14.7. The van der Waals surface area contributed by atoms with Crippen molar-refractivity contribution in [2.24, 2.45) is 0 Å². The van der Waals surface area contributed by atoms with Gasteiger partial charge in [0.05, 0.1) is 5.52 Å². The molecule has 2 aromatic heterocycles. The fourth-order valence-electron chi connectivity index (χ4n) is 4.67. The standard InChI is InChI=1S/C26H22N4/c1-30-15-21-13-19(26-28-14-20-4-2-3-5-25(20)29-26)6-8-22(21)23(16-30)17-7-9-24-18(12-17)10-11-27-24/h2-14,23,27H,15-16H2,1H3. The quantitative estimate of drug-likeness (QED) is 0.442. The number of H-pyrrole nitrogens is 1. The number of likely N-dealkylation sites (N-methyl/N-ethyl adjacent to an activating group) is 1. The van der Waals surface area contributed by atoms with E-state index in [1.807, 2.05) is 36.7 Å². The zero-order valence-electron chi connectivity index (χ0n) is 16.8. The molecule has 0 radical (unpaired) electrons. The molecule has 3 aromatic carbocycles. The van der Waals surface area contributed by atoms with Crippen LogP contribution < -0.4 is 0 Å². The van der Waals surface area contributed by atoms with Gasteiger partial charge in [0.15, 0.2) is 5.82 Å². The second kappa shape index (κ2) is 6.78. The van der Waals surface area contributed by atoms with Gasteiger partial charge in [-0.3, -0.25) is 0 Å². The van der Waals surface area contributed by atoms with Gasteiger partial charge in [0, 0.05) is 47.9 Å². The maximum Gasteiger partial charge on any atom is 0.159 e. The Kier molecular flexibility index (Phi) is 3.93. The largest absolute Gasteiger partial charge is 0.361 e. The van der Waals surface area contributed by atoms with Gasteiger partial charge in [-0.25, -0.2) is 9.97 Å². The number of hydrogen-bond donors (Lipinski definition) is 1. The molecule has 4 heteroatoms. The predicted molar refractivity (Wildman–Crippen MR) is 121 cm³/mol. The molecule has 0 fully saturated rings. The fourth-order valence-corrected chi connectivity index (χ4v) is 4.67. The van der Waals surface area contributed by atoms with Gasteiger partial charge in [-0.2, -0.15) is 0 Å². The van der Waals surface area contributed by atoms with E-state index in [2.05, 4.69) is 64.4 Å². The second-order valence-electron chi connectivity index (χ2n) is 8.24. The lowest BCUT2D eigenvalue weighted by Gasteiger charge is -2.33. The van der Waals surface area contributed by atoms with E-state index < -0.39 is 0 Å². The number of nitrogens with zero attached hydrogens (tertiary/aromatic N) is 3. The second-order valence-corrected chi connectivity index (χ2v) is 8.24. The topological polar surface area (TPSA) is 44.8 Å². The summed E-state index contributed by atoms with van der Waals surface area (Å²) >= 11 is 0. The van der Waals surface area contributed by atoms with E-state index in [0.29, 0.717) is 5.92 Å². The van der Waals surface area contributed by atoms with Gasteiger partial charge in [0.2, 0.25) is 0 Å². The SMILES string of the molecule is CN1Cc2cc(-c3ncc4ccccc4n3)ccc2C(c2ccc3[nH]ccc3c2)C1. The van der Waals surface area contributed by atoms with Gasteiger partial charge < -0.3 is 9.88 Å². The Morgan fingerprint density at radius 1 is 0.967 bits per heavy atom. The average Bonchev–Trinajstić information content (AvgIpc) is 3.25. The van der Waals surface area contributed by atoms with Crippen LogP contribution in [0.1, 0.15) is 22.6 Å². The van der Waals surface area contributed by atoms with Crippen LogP contribution in [0.5, 0.6) is 0 Å². The van der Waals surface area contributed by atoms with E-state index in [4.69, 9.17) is 4.98 Å². The van der Waals surface area contributed by atoms with Crippen LogP contribution >= 0.6 is 0 Å². The molecule has 6 rings (SSSR count). The van der Waals surface area contributed by atoms with Crippen LogP contribution in [-0.4, -0.2) is 33.4 Å². The Balaban J connectivity index is 1.43. The normalized spacial score (nSPS) is 16.8. The van der Waals surface area contributed by atoms with Crippen LogP contribution in [0.4, 0.5) is 0 Å². The van der Waals surface area contributed by atoms with Crippen LogP contribution in [0.15, 0.2) is 79.1 Å². The maximum absolute atomic E-state index is 4.79. The predicted octanol–water partition coefficient (Wildman–Crippen LogP) is 5.36. The van der Waals surface area contributed by atoms with Gasteiger partial charge in [0.1, 0.15) is 0 Å². The Morgan fingerprint density at radius 3 is 2.87 bits per heavy atom. The molecule has 5 aromatic rings. The summed E-state index contributed by atoms with van der Waals surface area (Å²) in [5, 5.41) is 2.34. The summed E-state index contributed by atoms with van der Waals surface area (Å²) in [5.41, 5.74) is 7.38. The lowest BCUT2D eigenvalue weighted by Crippen LogP contribution is -2.31. The van der Waals surface area contributed by atoms with Crippen molar-refractivity contribution in [1.82, 2.24) is 19.9 Å². The summed E-state index contributed by atoms with van der Waals surface area (Å²) in [6, 6.07) is 23.8. The number of aromatic nitrogens is 3. The Morgan fingerprint density at radius 2 is 1.90 bits per heavy atom. The van der Waals surface area contributed by atoms with Crippen LogP contribution in [0, 0.1) is 0 Å². The molecular formula is C26H22N4. The van der Waals surface area contributed by atoms with Crippen molar-refractivity contribution in [3.05, 3.63) is 95.8 Å². The van der Waals surface area contributed by atoms with Crippen LogP contribution in [0.2, 0.25) is 0 Å². The first-order valence-corrected chi connectivity index (χ1v) is 10.4. The molecule has 1 atom stereocenters. The van der Waals surface area contributed by atoms with E-state index in [-0.39, 0.29) is 0 Å². The summed E-state index contributed by atoms with van der Waals surface area (Å²) in [6.45, 7) is 1.97. The molecular weight excluding hydrogens is 368 g/mol. The van der Waals surface area contributed by atoms with Gasteiger partial charge >= 0.3 is 0 Å². The Bertz CT molecular complexity index is 1380. The molecule has 30 heavy (non-hydrogen) atoms. The van der Waals surface area contributed by atoms with Crippen molar-refractivity contribution >= 4 is 21.8 Å². The van der Waals surface area contributed by atoms with Crippen molar-refractivity contribution in [3.8, 4) is 11.4 Å². The highest BCUT2D eigenvalue weighted by Gasteiger charge is 2.25. The van der Waals surface area contributed by atoms with Crippen LogP contribution in [0.25, 0.3) is 33.2 Å². The number of fused-ring (bicyclic) bond motifs is 3. The van der Waals surface area contributed by atoms with E-state index in [0.717, 1.165) is 35.4 Å². The molecule has 0 saturated heterocycles. The molecule has 1 unspecified atom stereocenters. The average molecular weight is 390 g/mol. The number of nitrogens with one attached hydrogen (secondary N) is 1. The minimum absolute atomic E-state index is 0.365. The van der Waals surface area contributed by atoms with Crippen molar-refractivity contribution in [2.75, 3.05) is 13.6 Å². The molecule has 1 N–H and O–H groups in total. The first-order valence-electron chi connectivity index (χ1n) is 10.4. The van der Waals surface area contributed by atoms with Crippen molar-refractivity contribution < 1.29 is 0 Å². The molecule has 3 heterocycles. The minimum atomic E-state index is 0.365. The molecule has 0 bridgehead atoms. The highest BCUT2D eigenvalue weighted by Crippen LogP contribution is 2.36. The van der Waals surface area contributed by atoms with E-state index in [1.54, 1.807) is 0 Å². The summed E-state index contributed by atoms with van der Waals surface area (Å²) in [5.74, 6) is 1.15. The minimum Gasteiger partial charge on any atom is -0.361 e. The highest BCUT2D eigenvalue weighted by molar-refractivity contribution is 5.81. The lowest BCUT2D eigenvalue weighted by molar-refractivity contribution is 0.295. The zero-order valence-corrected chi connectivity index (χ0v) is 16.8. The van der Waals surface area contributed by atoms with Gasteiger partial charge in [-0.05, 0) is 59.5 Å². The zero-order chi connectivity index (χ0) is 20.1. The van der Waals surface area contributed by atoms with Crippen molar-refractivity contribution in [3.63, 3.8) is 0 Å². The highest BCUT2D eigenvalue weighted by atomic mass is 15.1. The van der Waals surface area contributed by atoms with Crippen LogP contribution in [-0.2, 0) is 6.54 Å². The molecule has 146 valence electrons. The van der Waals surface area contributed by atoms with Gasteiger partial charge in [-0.1, -0.05) is 36.4 Å². The molecule has 4 nitrogen and oxygen atoms in total. The number of benzene rings is 3. The number of rotatable bonds is 2. The number of hydrogen-bond acceptors (Lipinski definition) is 3. The van der Waals surface area contributed by atoms with E-state index in [1.165, 1.54) is 27.6 Å². The smallest absolute Gasteiger partial charge is 0.159 e. The molecule has 0 aliphatic carbocycles. The number of para-hydroxylation sites is 1. The molecule has 1 aliphatic rings. The Labute approximate surface area is 175 Å². The third-order valence-electron chi connectivity index (χ3n) is 6.18. The van der Waals surface area contributed by atoms with Gasteiger partial charge in [0.25, 0.3) is 0 Å². The molecule has 0 saturated carbocycles. The Hall–Kier alpha value is -3.50. The fraction of sp³-hybridized carbons (Fsp3) is 0.154. The third-order valence-corrected chi connectivity index (χ3v) is 6.18. The summed E-state index contributed by atoms with van der Waals surface area (Å²) < 4.78 is 0. The first kappa shape index (κ1) is 17.4. The van der Waals surface area contributed by atoms with Crippen LogP contribution in [0.3, 0.4) is 0 Å². The van der Waals surface area contributed by atoms with Gasteiger partial charge in [-0.15, -0.1) is 0 Å². The number of aromatic amines is 1. The van der Waals surface area contributed by atoms with E-state index >= 15 is 0 Å². The third kappa shape index (κ3) is 2.88. The summed E-state index contributed by atoms with van der Waals surface area (Å²) in [6.07, 6.45) is 3.92. The molecule has 1 aliphatic heterocycles. The van der Waals surface area contributed by atoms with Crippen molar-refractivity contribution in [2.45, 2.75) is 12.5 Å². The van der Waals surface area contributed by atoms with Crippen molar-refractivity contribution in [1.29, 1.82) is 0 Å². The monoisotopic (exact) mass is 390 g/mol. The molecule has 0 spiro atoms. The lowest BCUT2D eigenvalue weighted by atomic mass is 9.83. The summed E-state index contributed by atoms with van der Waals surface area (Å²) in [7, 11) is 2.20. The van der Waals surface area contributed by atoms with E-state index in [9.17, 15) is 0 Å².